The van der Waals surface area contributed by atoms with Crippen LogP contribution >= 0.6 is 11.6 Å². The number of carboxylic acids is 1. The molecule has 6 aromatic carbocycles. The third-order valence-electron chi connectivity index (χ3n) is 18.0. The first-order valence-electron chi connectivity index (χ1n) is 38.8. The number of halogens is 1. The molecule has 27 nitrogen and oxygen atoms in total. The highest BCUT2D eigenvalue weighted by Gasteiger charge is 2.34. The fourth-order valence-corrected chi connectivity index (χ4v) is 11.6. The molecule has 0 aliphatic heterocycles. The van der Waals surface area contributed by atoms with E-state index in [1.165, 1.54) is 13.8 Å². The summed E-state index contributed by atoms with van der Waals surface area (Å²) in [4.78, 5) is 208. The smallest absolute Gasteiger partial charge is 0.423 e. The molecule has 6 aromatic rings. The molecule has 0 aliphatic rings. The number of methoxy groups -OCH3 is 1. The van der Waals surface area contributed by atoms with E-state index < -0.39 is 118 Å². The molecule has 0 saturated heterocycles. The normalized spacial score (nSPS) is 12.4. The number of hydrogen-bond donors (Lipinski definition) is 4. The van der Waals surface area contributed by atoms with Crippen LogP contribution in [-0.2, 0) is 110 Å². The molecule has 28 heteroatoms. The van der Waals surface area contributed by atoms with Gasteiger partial charge in [-0.05, 0) is 114 Å². The second kappa shape index (κ2) is 57.0. The zero-order chi connectivity index (χ0) is 86.8. The number of Topliss-reactive ketones (excluding diaryl/α,β-unsaturated/α-hetero) is 7. The minimum absolute atomic E-state index is 0. The van der Waals surface area contributed by atoms with Gasteiger partial charge in [-0.1, -0.05) is 215 Å². The van der Waals surface area contributed by atoms with Crippen LogP contribution in [0.5, 0.6) is 0 Å². The molecule has 1 unspecified atom stereocenters. The van der Waals surface area contributed by atoms with Crippen LogP contribution in [0.3, 0.4) is 0 Å². The molecule has 7 atom stereocenters. The van der Waals surface area contributed by atoms with Crippen LogP contribution < -0.4 is 16.0 Å². The van der Waals surface area contributed by atoms with Gasteiger partial charge in [0.05, 0.1) is 51.5 Å². The fourth-order valence-electron chi connectivity index (χ4n) is 11.5. The first-order valence-corrected chi connectivity index (χ1v) is 39.1. The minimum atomic E-state index is -1.43. The van der Waals surface area contributed by atoms with Gasteiger partial charge in [-0.3, -0.25) is 57.5 Å². The maximum Gasteiger partial charge on any atom is 0.423 e. The SMILES string of the molecule is CCCC/C(CC(=O)[C@H](C)NC(=O)[C@@H](CC(=O)c1ccccc1)Cc1ccccc1)=C(/OC(=O)C(=O)OC)C(=O)OCC.CCCCC(CC(=O)[C@H](C)NC(=O)[C@@H](CC(=O)c1ccccc1)Cc1ccccc1)C(=O)C(=O)OCC.CCOC(=O)C(=O)Cl.C[C@H](NC(=O)[C@@H](CC(=O)c1ccccc1)Cc1ccccc1)C(=O)CCC(=O)O.O. The number of carboxylic acid groups (broad SMARTS) is 1. The van der Waals surface area contributed by atoms with Gasteiger partial charge >= 0.3 is 41.1 Å². The summed E-state index contributed by atoms with van der Waals surface area (Å²) >= 11 is 4.69. The van der Waals surface area contributed by atoms with Crippen molar-refractivity contribution >= 4 is 111 Å². The number of amides is 3. The molecule has 3 amide bonds. The van der Waals surface area contributed by atoms with Crippen LogP contribution in [0.15, 0.2) is 193 Å². The molecule has 634 valence electrons. The van der Waals surface area contributed by atoms with Crippen molar-refractivity contribution in [3.8, 4) is 0 Å². The molecule has 0 spiro atoms. The summed E-state index contributed by atoms with van der Waals surface area (Å²) in [5.74, 6) is -13.8. The number of aliphatic carboxylic acids is 1. The van der Waals surface area contributed by atoms with Crippen LogP contribution in [0, 0.1) is 23.7 Å². The number of benzene rings is 6. The Morgan fingerprint density at radius 2 is 0.720 bits per heavy atom. The van der Waals surface area contributed by atoms with E-state index in [1.54, 1.807) is 107 Å². The summed E-state index contributed by atoms with van der Waals surface area (Å²) in [7, 11) is 0.988. The predicted octanol–water partition coefficient (Wildman–Crippen LogP) is 11.4. The highest BCUT2D eigenvalue weighted by Crippen LogP contribution is 2.25. The molecule has 118 heavy (non-hydrogen) atoms. The van der Waals surface area contributed by atoms with E-state index in [4.69, 9.17) is 30.9 Å². The average molecular weight is 1650 g/mol. The maximum atomic E-state index is 13.4. The van der Waals surface area contributed by atoms with Crippen LogP contribution in [-0.4, -0.2) is 155 Å². The number of ether oxygens (including phenoxy) is 5. The Bertz CT molecular complexity index is 4290. The second-order valence-corrected chi connectivity index (χ2v) is 27.4. The number of carbonyl (C=O) groups excluding carboxylic acids is 16. The van der Waals surface area contributed by atoms with Crippen molar-refractivity contribution in [1.82, 2.24) is 16.0 Å². The number of esters is 5. The molecule has 0 aromatic heterocycles. The standard InChI is InChI=1S/C33H39NO9.C30H37NO6.C23H25NO5.C4H5ClO3.H2O/c1-5-7-16-25(29(31(38)42-6-2)43-33(40)32(39)41-4)20-27(35)22(3)34-30(37)26(19-23-14-10-8-11-15-23)21-28(36)24-17-12-9-13-18-24;1-4-6-15-24(28(34)30(36)37-5-2)19-26(32)21(3)31-29(35)25(18-22-13-9-7-10-14-22)20-27(33)23-16-11-8-12-17-23;1-16(20(25)12-13-22(27)28)24-23(29)19(14-17-8-4-2-5-9-17)15-21(26)18-10-6-3-7-11-18;1-2-8-4(7)3(5)6;/h8-15,17-18,22,26H,5-7,16,19-21H2,1-4H3,(H,34,37);7-14,16-17,21,24-25H,4-6,15,18-20H2,1-3H3,(H,31,35);2-11,16,19H,12-15H2,1H3,(H,24,29)(H,27,28);2H2,1H3;1H2/b29-25-;;;;/t22-,26+;21-,24?,25+;16-,19+;;/m000../s1. The predicted molar refractivity (Wildman–Crippen MR) is 438 cm³/mol. The number of allylic oxidation sites excluding steroid dienone is 1. The number of rotatable bonds is 45. The van der Waals surface area contributed by atoms with Gasteiger partial charge in [0.15, 0.2) is 34.7 Å². The molecule has 0 radical (unpaired) electrons. The molecule has 0 heterocycles. The molecule has 0 aliphatic carbocycles. The van der Waals surface area contributed by atoms with Crippen molar-refractivity contribution in [3.05, 3.63) is 227 Å². The Balaban J connectivity index is 0.000000578. The first-order chi connectivity index (χ1) is 55.9. The Morgan fingerprint density at radius 1 is 0.381 bits per heavy atom. The Labute approximate surface area is 692 Å². The Hall–Kier alpha value is -12.1. The summed E-state index contributed by atoms with van der Waals surface area (Å²) in [5.41, 5.74) is 4.37. The van der Waals surface area contributed by atoms with Gasteiger partial charge in [0.1, 0.15) is 0 Å². The van der Waals surface area contributed by atoms with Gasteiger partial charge in [-0.15, -0.1) is 0 Å². The fraction of sp³-hybridized carbons (Fsp3) is 0.389. The van der Waals surface area contributed by atoms with E-state index in [2.05, 4.69) is 25.4 Å². The lowest BCUT2D eigenvalue weighted by molar-refractivity contribution is -0.165. The maximum absolute atomic E-state index is 13.4. The highest BCUT2D eigenvalue weighted by molar-refractivity contribution is 6.80. The van der Waals surface area contributed by atoms with Crippen molar-refractivity contribution in [1.29, 1.82) is 0 Å². The van der Waals surface area contributed by atoms with Crippen molar-refractivity contribution < 1.29 is 116 Å². The first kappa shape index (κ1) is 102. The topological polar surface area (TPSA) is 424 Å². The van der Waals surface area contributed by atoms with Gasteiger partial charge in [0.2, 0.25) is 29.3 Å². The van der Waals surface area contributed by atoms with E-state index in [0.717, 1.165) is 30.2 Å². The zero-order valence-corrected chi connectivity index (χ0v) is 68.9. The summed E-state index contributed by atoms with van der Waals surface area (Å²) < 4.78 is 23.4. The van der Waals surface area contributed by atoms with Crippen molar-refractivity contribution in [2.45, 2.75) is 176 Å². The van der Waals surface area contributed by atoms with Crippen LogP contribution in [0.1, 0.15) is 187 Å². The lowest BCUT2D eigenvalue weighted by Crippen LogP contribution is -2.44. The van der Waals surface area contributed by atoms with Gasteiger partial charge < -0.3 is 50.2 Å². The molecular formula is C90H108ClN3O24. The molecule has 6 rings (SSSR count). The van der Waals surface area contributed by atoms with E-state index in [0.29, 0.717) is 55.2 Å². The summed E-state index contributed by atoms with van der Waals surface area (Å²) in [6.45, 7) is 13.4. The summed E-state index contributed by atoms with van der Waals surface area (Å²) in [6, 6.07) is 51.5. The van der Waals surface area contributed by atoms with E-state index in [-0.39, 0.29) is 118 Å². The lowest BCUT2D eigenvalue weighted by Gasteiger charge is -2.21. The minimum Gasteiger partial charge on any atom is -0.481 e. The zero-order valence-electron chi connectivity index (χ0n) is 68.1. The Kier molecular flexibility index (Phi) is 49.3. The highest BCUT2D eigenvalue weighted by atomic mass is 35.5. The lowest BCUT2D eigenvalue weighted by atomic mass is 9.89. The number of carbonyl (C=O) groups is 17. The van der Waals surface area contributed by atoms with Gasteiger partial charge in [0.25, 0.3) is 0 Å². The largest absolute Gasteiger partial charge is 0.481 e. The van der Waals surface area contributed by atoms with Crippen molar-refractivity contribution in [3.63, 3.8) is 0 Å². The second-order valence-electron chi connectivity index (χ2n) is 27.1. The van der Waals surface area contributed by atoms with E-state index in [1.807, 2.05) is 117 Å². The average Bonchev–Trinajstić information content (AvgIpc) is 0.851. The van der Waals surface area contributed by atoms with Crippen molar-refractivity contribution in [2.75, 3.05) is 26.9 Å². The van der Waals surface area contributed by atoms with Gasteiger partial charge in [-0.2, -0.15) is 0 Å². The Morgan fingerprint density at radius 3 is 1.05 bits per heavy atom. The van der Waals surface area contributed by atoms with Crippen LogP contribution in [0.25, 0.3) is 0 Å². The number of unbranched alkanes of at least 4 members (excludes halogenated alkanes) is 2. The number of hydrogen-bond acceptors (Lipinski definition) is 22. The third kappa shape index (κ3) is 39.0. The quantitative estimate of drug-likeness (QED) is 0.00524. The summed E-state index contributed by atoms with van der Waals surface area (Å²) in [6.07, 6.45) is 3.31. The monoisotopic (exact) mass is 1650 g/mol. The van der Waals surface area contributed by atoms with Gasteiger partial charge in [-0.25, -0.2) is 24.0 Å². The van der Waals surface area contributed by atoms with Gasteiger partial charge in [0, 0.05) is 78.9 Å². The van der Waals surface area contributed by atoms with Crippen LogP contribution in [0.4, 0.5) is 0 Å². The molecule has 0 saturated carbocycles. The number of ketones is 7. The molecule has 6 N–H and O–H groups in total. The summed E-state index contributed by atoms with van der Waals surface area (Å²) in [5, 5.41) is 15.7. The third-order valence-corrected chi connectivity index (χ3v) is 18.1. The molecular weight excluding hydrogens is 1540 g/mol. The molecule has 0 fully saturated rings. The van der Waals surface area contributed by atoms with E-state index >= 15 is 0 Å². The van der Waals surface area contributed by atoms with E-state index in [9.17, 15) is 81.5 Å². The van der Waals surface area contributed by atoms with Crippen molar-refractivity contribution in [2.24, 2.45) is 23.7 Å². The van der Waals surface area contributed by atoms with Crippen LogP contribution in [0.2, 0.25) is 0 Å². The number of nitrogens with one attached hydrogen (secondary N) is 3. The molecule has 0 bridgehead atoms.